The van der Waals surface area contributed by atoms with Crippen molar-refractivity contribution >= 4 is 11.6 Å². The van der Waals surface area contributed by atoms with Crippen molar-refractivity contribution in [2.24, 2.45) is 0 Å². The van der Waals surface area contributed by atoms with Crippen LogP contribution in [0.4, 0.5) is 5.69 Å². The van der Waals surface area contributed by atoms with E-state index in [-0.39, 0.29) is 5.91 Å². The molecule has 1 N–H and O–H groups in total. The van der Waals surface area contributed by atoms with Crippen LogP contribution >= 0.6 is 0 Å². The number of carbonyl (C=O) groups is 1. The largest absolute Gasteiger partial charge is 0.325 e. The van der Waals surface area contributed by atoms with Crippen molar-refractivity contribution < 1.29 is 9.63 Å². The molecule has 1 aliphatic rings. The molecule has 26 heavy (non-hydrogen) atoms. The molecule has 0 bridgehead atoms. The first-order valence-electron chi connectivity index (χ1n) is 9.35. The van der Waals surface area contributed by atoms with Crippen molar-refractivity contribution in [1.82, 2.24) is 10.0 Å². The maximum atomic E-state index is 12.2. The van der Waals surface area contributed by atoms with E-state index in [0.717, 1.165) is 49.3 Å². The summed E-state index contributed by atoms with van der Waals surface area (Å²) in [4.78, 5) is 22.1. The summed E-state index contributed by atoms with van der Waals surface area (Å²) in [6, 6.07) is 12.2. The van der Waals surface area contributed by atoms with Crippen molar-refractivity contribution in [3.8, 4) is 11.3 Å². The molecule has 1 saturated heterocycles. The molecule has 138 valence electrons. The number of pyridine rings is 1. The standard InChI is InChI=1S/C21H27N3O2/c1-3-7-21(25)23-20-14-16(17-8-6-13-24(15-17)26-2)10-11-18(20)19-9-4-5-12-22-19/h4-5,9-12,14,17H,3,6-8,13,15H2,1-2H3,(H,23,25). The quantitative estimate of drug-likeness (QED) is 0.844. The molecule has 0 radical (unpaired) electrons. The lowest BCUT2D eigenvalue weighted by molar-refractivity contribution is -0.145. The van der Waals surface area contributed by atoms with E-state index in [4.69, 9.17) is 4.84 Å². The predicted molar refractivity (Wildman–Crippen MR) is 104 cm³/mol. The van der Waals surface area contributed by atoms with E-state index >= 15 is 0 Å². The van der Waals surface area contributed by atoms with Crippen LogP contribution in [0.2, 0.25) is 0 Å². The smallest absolute Gasteiger partial charge is 0.224 e. The van der Waals surface area contributed by atoms with E-state index in [1.807, 2.05) is 30.2 Å². The highest BCUT2D eigenvalue weighted by Gasteiger charge is 2.22. The van der Waals surface area contributed by atoms with Gasteiger partial charge >= 0.3 is 0 Å². The number of hydrogen-bond acceptors (Lipinski definition) is 4. The number of nitrogens with zero attached hydrogens (tertiary/aromatic N) is 2. The highest BCUT2D eigenvalue weighted by molar-refractivity contribution is 5.95. The zero-order valence-corrected chi connectivity index (χ0v) is 15.6. The number of nitrogens with one attached hydrogen (secondary N) is 1. The molecule has 1 fully saturated rings. The highest BCUT2D eigenvalue weighted by Crippen LogP contribution is 2.33. The van der Waals surface area contributed by atoms with Crippen molar-refractivity contribution in [2.45, 2.75) is 38.5 Å². The molecule has 1 amide bonds. The van der Waals surface area contributed by atoms with Gasteiger partial charge in [0.05, 0.1) is 18.5 Å². The van der Waals surface area contributed by atoms with Gasteiger partial charge in [-0.25, -0.2) is 0 Å². The molecule has 1 unspecified atom stereocenters. The third kappa shape index (κ3) is 4.48. The molecule has 2 heterocycles. The number of rotatable bonds is 6. The second-order valence-electron chi connectivity index (χ2n) is 6.73. The zero-order chi connectivity index (χ0) is 18.4. The minimum Gasteiger partial charge on any atom is -0.325 e. The third-order valence-electron chi connectivity index (χ3n) is 4.85. The van der Waals surface area contributed by atoms with Crippen LogP contribution < -0.4 is 5.32 Å². The van der Waals surface area contributed by atoms with Crippen LogP contribution in [0.1, 0.15) is 44.1 Å². The molecule has 0 saturated carbocycles. The lowest BCUT2D eigenvalue weighted by atomic mass is 9.90. The van der Waals surface area contributed by atoms with E-state index in [1.54, 1.807) is 13.3 Å². The second kappa shape index (κ2) is 8.92. The molecule has 3 rings (SSSR count). The topological polar surface area (TPSA) is 54.5 Å². The Kier molecular flexibility index (Phi) is 6.36. The van der Waals surface area contributed by atoms with Gasteiger partial charge in [-0.2, -0.15) is 5.06 Å². The number of aromatic nitrogens is 1. The van der Waals surface area contributed by atoms with Crippen LogP contribution in [0.15, 0.2) is 42.6 Å². The average molecular weight is 353 g/mol. The molecular formula is C21H27N3O2. The maximum Gasteiger partial charge on any atom is 0.224 e. The van der Waals surface area contributed by atoms with E-state index < -0.39 is 0 Å². The Balaban J connectivity index is 1.92. The molecule has 5 heteroatoms. The molecular weight excluding hydrogens is 326 g/mol. The fourth-order valence-electron chi connectivity index (χ4n) is 3.48. The Hall–Kier alpha value is -2.24. The Labute approximate surface area is 155 Å². The fourth-order valence-corrected chi connectivity index (χ4v) is 3.48. The first-order chi connectivity index (χ1) is 12.7. The van der Waals surface area contributed by atoms with Crippen LogP contribution in [0.5, 0.6) is 0 Å². The van der Waals surface area contributed by atoms with Gasteiger partial charge in [0.15, 0.2) is 0 Å². The van der Waals surface area contributed by atoms with Gasteiger partial charge in [-0.3, -0.25) is 9.78 Å². The summed E-state index contributed by atoms with van der Waals surface area (Å²) in [5.41, 5.74) is 3.90. The molecule has 1 aromatic carbocycles. The van der Waals surface area contributed by atoms with Gasteiger partial charge in [-0.1, -0.05) is 25.1 Å². The van der Waals surface area contributed by atoms with E-state index in [9.17, 15) is 4.79 Å². The number of amides is 1. The first kappa shape index (κ1) is 18.5. The number of benzene rings is 1. The summed E-state index contributed by atoms with van der Waals surface area (Å²) in [5, 5.41) is 5.10. The highest BCUT2D eigenvalue weighted by atomic mass is 16.7. The van der Waals surface area contributed by atoms with Gasteiger partial charge < -0.3 is 10.2 Å². The molecule has 1 aromatic heterocycles. The molecule has 1 atom stereocenters. The summed E-state index contributed by atoms with van der Waals surface area (Å²) in [7, 11) is 1.73. The van der Waals surface area contributed by atoms with Crippen LogP contribution in [0.3, 0.4) is 0 Å². The number of carbonyl (C=O) groups excluding carboxylic acids is 1. The van der Waals surface area contributed by atoms with Crippen molar-refractivity contribution in [1.29, 1.82) is 0 Å². The molecule has 1 aliphatic heterocycles. The van der Waals surface area contributed by atoms with E-state index in [2.05, 4.69) is 28.5 Å². The Bertz CT molecular complexity index is 733. The lowest BCUT2D eigenvalue weighted by Crippen LogP contribution is -2.33. The maximum absolute atomic E-state index is 12.2. The summed E-state index contributed by atoms with van der Waals surface area (Å²) in [5.74, 6) is 0.451. The SMILES string of the molecule is CCCC(=O)Nc1cc(C2CCCN(OC)C2)ccc1-c1ccccn1. The number of piperidine rings is 1. The Morgan fingerprint density at radius 1 is 1.35 bits per heavy atom. The minimum atomic E-state index is 0.0454. The van der Waals surface area contributed by atoms with E-state index in [0.29, 0.717) is 12.3 Å². The number of hydrogen-bond donors (Lipinski definition) is 1. The fraction of sp³-hybridized carbons (Fsp3) is 0.429. The lowest BCUT2D eigenvalue weighted by Gasteiger charge is -2.31. The van der Waals surface area contributed by atoms with Gasteiger partial charge in [0.2, 0.25) is 5.91 Å². The third-order valence-corrected chi connectivity index (χ3v) is 4.85. The van der Waals surface area contributed by atoms with Gasteiger partial charge in [0.25, 0.3) is 0 Å². The van der Waals surface area contributed by atoms with Crippen LogP contribution in [-0.4, -0.2) is 36.2 Å². The molecule has 2 aromatic rings. The number of hydroxylamine groups is 2. The van der Waals surface area contributed by atoms with Crippen molar-refractivity contribution in [3.63, 3.8) is 0 Å². The molecule has 5 nitrogen and oxygen atoms in total. The summed E-state index contributed by atoms with van der Waals surface area (Å²) in [6.07, 6.45) is 5.37. The van der Waals surface area contributed by atoms with Gasteiger partial charge in [-0.15, -0.1) is 0 Å². The van der Waals surface area contributed by atoms with Gasteiger partial charge in [0.1, 0.15) is 0 Å². The number of anilines is 1. The Morgan fingerprint density at radius 2 is 2.23 bits per heavy atom. The second-order valence-corrected chi connectivity index (χ2v) is 6.73. The molecule has 0 spiro atoms. The summed E-state index contributed by atoms with van der Waals surface area (Å²) < 4.78 is 0. The van der Waals surface area contributed by atoms with E-state index in [1.165, 1.54) is 5.56 Å². The van der Waals surface area contributed by atoms with Crippen LogP contribution in [0, 0.1) is 0 Å². The molecule has 0 aliphatic carbocycles. The monoisotopic (exact) mass is 353 g/mol. The Morgan fingerprint density at radius 3 is 2.96 bits per heavy atom. The average Bonchev–Trinajstić information content (AvgIpc) is 2.69. The van der Waals surface area contributed by atoms with Crippen LogP contribution in [0.25, 0.3) is 11.3 Å². The minimum absolute atomic E-state index is 0.0454. The summed E-state index contributed by atoms with van der Waals surface area (Å²) in [6.45, 7) is 3.86. The van der Waals surface area contributed by atoms with Crippen LogP contribution in [-0.2, 0) is 9.63 Å². The predicted octanol–water partition coefficient (Wildman–Crippen LogP) is 4.23. The normalized spacial score (nSPS) is 17.8. The first-order valence-corrected chi connectivity index (χ1v) is 9.35. The van der Waals surface area contributed by atoms with Gasteiger partial charge in [0, 0.05) is 31.3 Å². The van der Waals surface area contributed by atoms with Gasteiger partial charge in [-0.05, 0) is 48.9 Å². The summed E-state index contributed by atoms with van der Waals surface area (Å²) >= 11 is 0. The zero-order valence-electron chi connectivity index (χ0n) is 15.6. The van der Waals surface area contributed by atoms with Crippen molar-refractivity contribution in [2.75, 3.05) is 25.5 Å². The van der Waals surface area contributed by atoms with Crippen molar-refractivity contribution in [3.05, 3.63) is 48.2 Å².